The molecule has 38 heavy (non-hydrogen) atoms. The number of likely N-dealkylation sites (N-methyl/N-ethyl adjacent to an activating group) is 1. The summed E-state index contributed by atoms with van der Waals surface area (Å²) in [4.78, 5) is 34.4. The molecule has 10 nitrogen and oxygen atoms in total. The van der Waals surface area contributed by atoms with Crippen molar-refractivity contribution in [3.8, 4) is 5.75 Å². The largest absolute Gasteiger partial charge is 0.489 e. The van der Waals surface area contributed by atoms with Crippen molar-refractivity contribution in [1.82, 2.24) is 20.5 Å². The number of aromatic amines is 1. The predicted molar refractivity (Wildman–Crippen MR) is 142 cm³/mol. The number of H-pyrrole nitrogens is 1. The minimum absolute atomic E-state index is 0.00968. The molecule has 4 heterocycles. The lowest BCUT2D eigenvalue weighted by atomic mass is 9.88. The lowest BCUT2D eigenvalue weighted by Gasteiger charge is -2.40. The highest BCUT2D eigenvalue weighted by atomic mass is 16.5. The zero-order valence-electron chi connectivity index (χ0n) is 21.5. The molecule has 2 saturated heterocycles. The Hall–Kier alpha value is -3.92. The van der Waals surface area contributed by atoms with Crippen molar-refractivity contribution in [2.45, 2.75) is 43.7 Å². The Morgan fingerprint density at radius 1 is 1.16 bits per heavy atom. The molecule has 0 aliphatic carbocycles. The van der Waals surface area contributed by atoms with Gasteiger partial charge in [-0.2, -0.15) is 0 Å². The summed E-state index contributed by atoms with van der Waals surface area (Å²) >= 11 is 0. The van der Waals surface area contributed by atoms with E-state index in [1.807, 2.05) is 48.5 Å². The van der Waals surface area contributed by atoms with E-state index in [0.29, 0.717) is 23.7 Å². The summed E-state index contributed by atoms with van der Waals surface area (Å²) in [6.45, 7) is 2.72. The molecule has 10 heteroatoms. The third kappa shape index (κ3) is 4.83. The summed E-state index contributed by atoms with van der Waals surface area (Å²) in [5, 5.41) is 9.61. The molecule has 3 aliphatic rings. The average Bonchev–Trinajstić information content (AvgIpc) is 3.59. The van der Waals surface area contributed by atoms with E-state index < -0.39 is 11.9 Å². The molecule has 2 N–H and O–H groups in total. The molecule has 3 aromatic rings. The minimum atomic E-state index is -0.867. The Balaban J connectivity index is 1.11. The number of piperidine rings is 1. The van der Waals surface area contributed by atoms with Gasteiger partial charge in [0.05, 0.1) is 11.3 Å². The molecule has 3 aliphatic heterocycles. The third-order valence-electron chi connectivity index (χ3n) is 7.82. The van der Waals surface area contributed by atoms with Gasteiger partial charge in [0.25, 0.3) is 11.8 Å². The van der Waals surface area contributed by atoms with Gasteiger partial charge in [0, 0.05) is 38.9 Å². The molecule has 6 rings (SSSR count). The van der Waals surface area contributed by atoms with Gasteiger partial charge < -0.3 is 24.6 Å². The van der Waals surface area contributed by atoms with E-state index in [9.17, 15) is 9.59 Å². The first-order valence-electron chi connectivity index (χ1n) is 13.2. The maximum Gasteiger partial charge on any atom is 0.291 e. The summed E-state index contributed by atoms with van der Waals surface area (Å²) in [6, 6.07) is 14.9. The van der Waals surface area contributed by atoms with Crippen LogP contribution in [0.5, 0.6) is 5.75 Å². The molecule has 2 aromatic carbocycles. The zero-order valence-corrected chi connectivity index (χ0v) is 21.5. The lowest BCUT2D eigenvalue weighted by Crippen LogP contribution is -2.49. The standard InChI is InChI=1S/C28H32N6O4/c1-33-22-17-20(34-13-11-28(12-14-34)10-5-15-38-28)8-9-23(22)37-18-21(27(33)36)29-26(35)25-30-24(31-32-25)16-19-6-3-2-4-7-19/h2-4,6-9,17,21H,5,10-16,18H2,1H3,(H,29,35)(H,30,31,32). The normalized spacial score (nSPS) is 20.7. The van der Waals surface area contributed by atoms with Crippen molar-refractivity contribution in [2.75, 3.05) is 43.2 Å². The quantitative estimate of drug-likeness (QED) is 0.536. The Morgan fingerprint density at radius 3 is 2.74 bits per heavy atom. The third-order valence-corrected chi connectivity index (χ3v) is 7.82. The van der Waals surface area contributed by atoms with E-state index in [2.05, 4.69) is 25.4 Å². The molecule has 0 saturated carbocycles. The molecule has 0 radical (unpaired) electrons. The van der Waals surface area contributed by atoms with Gasteiger partial charge in [-0.3, -0.25) is 14.7 Å². The van der Waals surface area contributed by atoms with E-state index in [1.165, 1.54) is 0 Å². The summed E-state index contributed by atoms with van der Waals surface area (Å²) < 4.78 is 12.0. The number of benzene rings is 2. The second-order valence-corrected chi connectivity index (χ2v) is 10.3. The Bertz CT molecular complexity index is 1310. The number of nitrogens with one attached hydrogen (secondary N) is 2. The van der Waals surface area contributed by atoms with Crippen molar-refractivity contribution in [2.24, 2.45) is 0 Å². The molecule has 1 aromatic heterocycles. The van der Waals surface area contributed by atoms with Gasteiger partial charge >= 0.3 is 0 Å². The van der Waals surface area contributed by atoms with E-state index in [0.717, 1.165) is 56.6 Å². The second-order valence-electron chi connectivity index (χ2n) is 10.3. The molecular weight excluding hydrogens is 484 g/mol. The fraction of sp³-hybridized carbons (Fsp3) is 0.429. The number of nitrogens with zero attached hydrogens (tertiary/aromatic N) is 4. The van der Waals surface area contributed by atoms with Gasteiger partial charge in [-0.25, -0.2) is 4.98 Å². The van der Waals surface area contributed by atoms with E-state index in [1.54, 1.807) is 11.9 Å². The Labute approximate surface area is 221 Å². The molecule has 198 valence electrons. The number of carbonyl (C=O) groups excluding carboxylic acids is 2. The number of carbonyl (C=O) groups is 2. The van der Waals surface area contributed by atoms with E-state index in [4.69, 9.17) is 9.47 Å². The number of hydrogen-bond acceptors (Lipinski definition) is 7. The van der Waals surface area contributed by atoms with Crippen LogP contribution in [-0.2, 0) is 16.0 Å². The first-order chi connectivity index (χ1) is 18.5. The molecule has 1 atom stereocenters. The van der Waals surface area contributed by atoms with Crippen LogP contribution in [0, 0.1) is 0 Å². The van der Waals surface area contributed by atoms with Gasteiger partial charge in [0.1, 0.15) is 24.2 Å². The van der Waals surface area contributed by atoms with Crippen LogP contribution in [0.4, 0.5) is 11.4 Å². The van der Waals surface area contributed by atoms with E-state index >= 15 is 0 Å². The van der Waals surface area contributed by atoms with Crippen LogP contribution in [0.15, 0.2) is 48.5 Å². The van der Waals surface area contributed by atoms with Crippen molar-refractivity contribution in [1.29, 1.82) is 0 Å². The molecule has 1 spiro atoms. The molecule has 2 fully saturated rings. The van der Waals surface area contributed by atoms with Crippen molar-refractivity contribution in [3.63, 3.8) is 0 Å². The van der Waals surface area contributed by atoms with Crippen LogP contribution in [0.25, 0.3) is 0 Å². The fourth-order valence-electron chi connectivity index (χ4n) is 5.60. The van der Waals surface area contributed by atoms with Crippen LogP contribution < -0.4 is 19.9 Å². The number of amides is 2. The lowest BCUT2D eigenvalue weighted by molar-refractivity contribution is -0.120. The minimum Gasteiger partial charge on any atom is -0.489 e. The molecular formula is C28H32N6O4. The van der Waals surface area contributed by atoms with Crippen LogP contribution >= 0.6 is 0 Å². The Morgan fingerprint density at radius 2 is 1.97 bits per heavy atom. The number of rotatable bonds is 5. The average molecular weight is 517 g/mol. The zero-order chi connectivity index (χ0) is 26.1. The maximum atomic E-state index is 13.3. The molecule has 2 amide bonds. The maximum absolute atomic E-state index is 13.3. The SMILES string of the molecule is CN1C(=O)C(NC(=O)c2n[nH]c(Cc3ccccc3)n2)COc2ccc(N3CCC4(CCCO4)CC3)cc21. The highest BCUT2D eigenvalue weighted by Gasteiger charge is 2.39. The first-order valence-corrected chi connectivity index (χ1v) is 13.2. The fourth-order valence-corrected chi connectivity index (χ4v) is 5.60. The highest BCUT2D eigenvalue weighted by Crippen LogP contribution is 2.39. The second kappa shape index (κ2) is 10.1. The highest BCUT2D eigenvalue weighted by molar-refractivity contribution is 6.02. The monoisotopic (exact) mass is 516 g/mol. The van der Waals surface area contributed by atoms with Crippen LogP contribution in [0.1, 0.15) is 47.7 Å². The van der Waals surface area contributed by atoms with Crippen molar-refractivity contribution >= 4 is 23.2 Å². The number of ether oxygens (including phenoxy) is 2. The summed E-state index contributed by atoms with van der Waals surface area (Å²) in [6.07, 6.45) is 4.84. The van der Waals surface area contributed by atoms with Gasteiger partial charge in [-0.15, -0.1) is 5.10 Å². The van der Waals surface area contributed by atoms with Gasteiger partial charge in [-0.1, -0.05) is 30.3 Å². The van der Waals surface area contributed by atoms with Gasteiger partial charge in [0.15, 0.2) is 0 Å². The van der Waals surface area contributed by atoms with Crippen molar-refractivity contribution in [3.05, 3.63) is 65.7 Å². The first kappa shape index (κ1) is 24.4. The number of hydrogen-bond donors (Lipinski definition) is 2. The number of aromatic nitrogens is 3. The smallest absolute Gasteiger partial charge is 0.291 e. The number of anilines is 2. The number of fused-ring (bicyclic) bond motifs is 1. The summed E-state index contributed by atoms with van der Waals surface area (Å²) in [7, 11) is 1.71. The summed E-state index contributed by atoms with van der Waals surface area (Å²) in [5.41, 5.74) is 2.84. The molecule has 1 unspecified atom stereocenters. The van der Waals surface area contributed by atoms with E-state index in [-0.39, 0.29) is 23.9 Å². The van der Waals surface area contributed by atoms with Crippen molar-refractivity contribution < 1.29 is 19.1 Å². The van der Waals surface area contributed by atoms with Crippen LogP contribution in [-0.4, -0.2) is 72.0 Å². The molecule has 0 bridgehead atoms. The van der Waals surface area contributed by atoms with Crippen LogP contribution in [0.3, 0.4) is 0 Å². The van der Waals surface area contributed by atoms with Gasteiger partial charge in [0.2, 0.25) is 5.82 Å². The topological polar surface area (TPSA) is 113 Å². The van der Waals surface area contributed by atoms with Gasteiger partial charge in [-0.05, 0) is 49.4 Å². The van der Waals surface area contributed by atoms with Crippen LogP contribution in [0.2, 0.25) is 0 Å². The summed E-state index contributed by atoms with van der Waals surface area (Å²) in [5.74, 6) is 0.386. The Kier molecular flexibility index (Phi) is 6.49. The predicted octanol–water partition coefficient (Wildman–Crippen LogP) is 2.70.